The van der Waals surface area contributed by atoms with Crippen LogP contribution in [0, 0.1) is 11.8 Å². The average molecular weight is 443 g/mol. The number of H-pyrrole nitrogens is 1. The number of nitrogens with one attached hydrogen (secondary N) is 4. The third kappa shape index (κ3) is 4.23. The average Bonchev–Trinajstić information content (AvgIpc) is 3.34. The van der Waals surface area contributed by atoms with Crippen LogP contribution in [0.25, 0.3) is 0 Å². The molecule has 4 rings (SSSR count). The zero-order valence-corrected chi connectivity index (χ0v) is 17.8. The van der Waals surface area contributed by atoms with Gasteiger partial charge in [-0.05, 0) is 24.7 Å². The fourth-order valence-electron chi connectivity index (χ4n) is 4.01. The second kappa shape index (κ2) is 8.07. The second-order valence-corrected chi connectivity index (χ2v) is 10.7. The number of halogens is 1. The molecule has 2 aromatic heterocycles. The van der Waals surface area contributed by atoms with Crippen molar-refractivity contribution in [2.45, 2.75) is 25.8 Å². The summed E-state index contributed by atoms with van der Waals surface area (Å²) in [6.45, 7) is 4.07. The molecule has 3 heterocycles. The van der Waals surface area contributed by atoms with Gasteiger partial charge in [-0.1, -0.05) is 18.5 Å². The van der Waals surface area contributed by atoms with Crippen LogP contribution in [0.1, 0.15) is 19.8 Å². The molecule has 2 aliphatic rings. The molecule has 2 aromatic rings. The van der Waals surface area contributed by atoms with Crippen molar-refractivity contribution in [1.82, 2.24) is 29.2 Å². The van der Waals surface area contributed by atoms with E-state index in [9.17, 15) is 4.21 Å². The standard InChI is InChI=1S/C16H23ClN8OS2/c1-2-21-28(26,27)25-8-10-3-12(4-11(10)9-25)22-15-14(17)7-18-16(24-15)23-13-5-19-20-6-13/h5-7,10-12,21H,2-4,8-9H2,1H3,(H,19,20)(H2,18,22,23,24). The van der Waals surface area contributed by atoms with Gasteiger partial charge in [0.15, 0.2) is 14.7 Å². The van der Waals surface area contributed by atoms with Gasteiger partial charge in [0.05, 0.1) is 18.1 Å². The van der Waals surface area contributed by atoms with Crippen LogP contribution in [-0.2, 0) is 20.1 Å². The van der Waals surface area contributed by atoms with Gasteiger partial charge in [-0.25, -0.2) is 18.2 Å². The molecule has 28 heavy (non-hydrogen) atoms. The number of aromatic amines is 1. The summed E-state index contributed by atoms with van der Waals surface area (Å²) < 4.78 is 17.4. The fraction of sp³-hybridized carbons (Fsp3) is 0.562. The Balaban J connectivity index is 1.38. The van der Waals surface area contributed by atoms with Crippen LogP contribution in [-0.4, -0.2) is 54.4 Å². The zero-order valence-electron chi connectivity index (χ0n) is 15.4. The molecule has 152 valence electrons. The van der Waals surface area contributed by atoms with Crippen LogP contribution < -0.4 is 15.4 Å². The first kappa shape index (κ1) is 19.8. The normalized spacial score (nSPS) is 26.7. The Bertz CT molecular complexity index is 909. The lowest BCUT2D eigenvalue weighted by Crippen LogP contribution is -2.39. The molecule has 12 heteroatoms. The molecular formula is C16H23ClN8OS2. The molecule has 0 radical (unpaired) electrons. The number of aromatic nitrogens is 4. The number of fused-ring (bicyclic) bond motifs is 1. The third-order valence-corrected chi connectivity index (χ3v) is 8.12. The van der Waals surface area contributed by atoms with Gasteiger partial charge in [0.1, 0.15) is 5.02 Å². The number of rotatable bonds is 7. The highest BCUT2D eigenvalue weighted by Gasteiger charge is 2.43. The summed E-state index contributed by atoms with van der Waals surface area (Å²) in [7, 11) is -2.53. The van der Waals surface area contributed by atoms with E-state index in [-0.39, 0.29) is 6.04 Å². The summed E-state index contributed by atoms with van der Waals surface area (Å²) in [5, 5.41) is 13.6. The maximum atomic E-state index is 12.6. The van der Waals surface area contributed by atoms with Crippen molar-refractivity contribution in [2.75, 3.05) is 30.3 Å². The first-order chi connectivity index (χ1) is 13.4. The predicted molar refractivity (Wildman–Crippen MR) is 113 cm³/mol. The minimum absolute atomic E-state index is 0.270. The molecule has 1 aliphatic carbocycles. The highest BCUT2D eigenvalue weighted by molar-refractivity contribution is 8.30. The van der Waals surface area contributed by atoms with Crippen molar-refractivity contribution < 1.29 is 4.21 Å². The van der Waals surface area contributed by atoms with E-state index < -0.39 is 8.86 Å². The zero-order chi connectivity index (χ0) is 19.7. The molecule has 3 atom stereocenters. The van der Waals surface area contributed by atoms with Gasteiger partial charge in [-0.3, -0.25) is 5.10 Å². The Kier molecular flexibility index (Phi) is 5.70. The molecule has 2 fully saturated rings. The lowest BCUT2D eigenvalue weighted by molar-refractivity contribution is 0.469. The molecule has 9 nitrogen and oxygen atoms in total. The van der Waals surface area contributed by atoms with Gasteiger partial charge < -0.3 is 10.6 Å². The number of nitrogens with zero attached hydrogens (tertiary/aromatic N) is 4. The van der Waals surface area contributed by atoms with Crippen LogP contribution >= 0.6 is 11.6 Å². The Morgan fingerprint density at radius 1 is 1.36 bits per heavy atom. The van der Waals surface area contributed by atoms with E-state index >= 15 is 0 Å². The predicted octanol–water partition coefficient (Wildman–Crippen LogP) is 1.90. The Hall–Kier alpha value is -1.53. The quantitative estimate of drug-likeness (QED) is 0.518. The highest BCUT2D eigenvalue weighted by atomic mass is 35.5. The second-order valence-electron chi connectivity index (χ2n) is 7.15. The lowest BCUT2D eigenvalue weighted by atomic mass is 10.0. The van der Waals surface area contributed by atoms with E-state index in [4.69, 9.17) is 22.8 Å². The van der Waals surface area contributed by atoms with E-state index in [2.05, 4.69) is 35.5 Å². The molecular weight excluding hydrogens is 420 g/mol. The van der Waals surface area contributed by atoms with Gasteiger partial charge in [-0.2, -0.15) is 10.1 Å². The van der Waals surface area contributed by atoms with Gasteiger partial charge in [0.25, 0.3) is 0 Å². The van der Waals surface area contributed by atoms with Crippen LogP contribution in [0.3, 0.4) is 0 Å². The van der Waals surface area contributed by atoms with E-state index in [1.54, 1.807) is 18.6 Å². The van der Waals surface area contributed by atoms with Crippen LogP contribution in [0.5, 0.6) is 0 Å². The molecule has 1 aliphatic heterocycles. The molecule has 3 unspecified atom stereocenters. The highest BCUT2D eigenvalue weighted by Crippen LogP contribution is 2.40. The Labute approximate surface area is 174 Å². The smallest absolute Gasteiger partial charge is 0.229 e. The molecule has 1 saturated heterocycles. The molecule has 1 saturated carbocycles. The summed E-state index contributed by atoms with van der Waals surface area (Å²) in [4.78, 5) is 8.70. The van der Waals surface area contributed by atoms with Gasteiger partial charge in [0, 0.05) is 43.1 Å². The monoisotopic (exact) mass is 442 g/mol. The van der Waals surface area contributed by atoms with E-state index in [0.717, 1.165) is 31.6 Å². The Morgan fingerprint density at radius 2 is 2.11 bits per heavy atom. The van der Waals surface area contributed by atoms with Crippen molar-refractivity contribution in [1.29, 1.82) is 0 Å². The molecule has 0 amide bonds. The van der Waals surface area contributed by atoms with Gasteiger partial charge in [0.2, 0.25) is 5.95 Å². The molecule has 4 N–H and O–H groups in total. The number of hydrogen-bond donors (Lipinski definition) is 4. The minimum atomic E-state index is -2.53. The van der Waals surface area contributed by atoms with E-state index in [0.29, 0.717) is 35.2 Å². The summed E-state index contributed by atoms with van der Waals surface area (Å²) in [6, 6.07) is 0.270. The van der Waals surface area contributed by atoms with Crippen LogP contribution in [0.15, 0.2) is 18.6 Å². The largest absolute Gasteiger partial charge is 0.366 e. The van der Waals surface area contributed by atoms with Crippen molar-refractivity contribution in [2.24, 2.45) is 11.8 Å². The first-order valence-corrected chi connectivity index (χ1v) is 12.1. The van der Waals surface area contributed by atoms with Crippen LogP contribution in [0.4, 0.5) is 17.5 Å². The maximum Gasteiger partial charge on any atom is 0.229 e. The molecule has 0 bridgehead atoms. The van der Waals surface area contributed by atoms with Crippen molar-refractivity contribution >= 4 is 49.1 Å². The number of hydrogen-bond acceptors (Lipinski definition) is 7. The number of anilines is 3. The van der Waals surface area contributed by atoms with Gasteiger partial charge >= 0.3 is 0 Å². The third-order valence-electron chi connectivity index (χ3n) is 5.22. The molecule has 0 spiro atoms. The fourth-order valence-corrected chi connectivity index (χ4v) is 6.20. The van der Waals surface area contributed by atoms with Crippen LogP contribution in [0.2, 0.25) is 5.02 Å². The lowest BCUT2D eigenvalue weighted by Gasteiger charge is -2.22. The van der Waals surface area contributed by atoms with Crippen molar-refractivity contribution in [3.8, 4) is 0 Å². The molecule has 0 aromatic carbocycles. The van der Waals surface area contributed by atoms with Gasteiger partial charge in [-0.15, -0.1) is 0 Å². The summed E-state index contributed by atoms with van der Waals surface area (Å²) in [6.07, 6.45) is 6.91. The Morgan fingerprint density at radius 3 is 2.75 bits per heavy atom. The summed E-state index contributed by atoms with van der Waals surface area (Å²) in [5.74, 6) is 2.02. The summed E-state index contributed by atoms with van der Waals surface area (Å²) >= 11 is 11.6. The maximum absolute atomic E-state index is 12.6. The topological polar surface area (TPSA) is 111 Å². The van der Waals surface area contributed by atoms with E-state index in [1.165, 1.54) is 0 Å². The summed E-state index contributed by atoms with van der Waals surface area (Å²) in [5.41, 5.74) is 0.775. The van der Waals surface area contributed by atoms with Crippen molar-refractivity contribution in [3.05, 3.63) is 23.6 Å². The van der Waals surface area contributed by atoms with E-state index in [1.807, 2.05) is 11.2 Å². The van der Waals surface area contributed by atoms with Crippen molar-refractivity contribution in [3.63, 3.8) is 0 Å². The SMILES string of the molecule is CCNS(=O)(=S)N1CC2CC(Nc3nc(Nc4cn[nH]c4)ncc3Cl)CC2C1. The first-order valence-electron chi connectivity index (χ1n) is 9.24. The minimum Gasteiger partial charge on any atom is -0.366 e.